The molecule has 0 radical (unpaired) electrons. The van der Waals surface area contributed by atoms with Crippen LogP contribution in [0, 0.1) is 6.92 Å². The van der Waals surface area contributed by atoms with Crippen LogP contribution in [0.15, 0.2) is 5.51 Å². The summed E-state index contributed by atoms with van der Waals surface area (Å²) in [5.74, 6) is 0.310. The van der Waals surface area contributed by atoms with E-state index in [1.165, 1.54) is 17.7 Å². The molecule has 2 aliphatic rings. The molecule has 21 heavy (non-hydrogen) atoms. The summed E-state index contributed by atoms with van der Waals surface area (Å²) in [5.41, 5.74) is 3.09. The summed E-state index contributed by atoms with van der Waals surface area (Å²) >= 11 is 1.76. The molecular weight excluding hydrogens is 282 g/mol. The molecular formula is C16H25N3OS. The Morgan fingerprint density at radius 2 is 2.29 bits per heavy atom. The van der Waals surface area contributed by atoms with E-state index < -0.39 is 0 Å². The Bertz CT molecular complexity index is 529. The summed E-state index contributed by atoms with van der Waals surface area (Å²) in [6, 6.07) is 0.476. The minimum atomic E-state index is -0.00950. The van der Waals surface area contributed by atoms with Crippen molar-refractivity contribution in [3.8, 4) is 0 Å². The van der Waals surface area contributed by atoms with Gasteiger partial charge >= 0.3 is 0 Å². The Morgan fingerprint density at radius 3 is 3.00 bits per heavy atom. The Balaban J connectivity index is 1.86. The molecule has 0 bridgehead atoms. The highest BCUT2D eigenvalue weighted by Crippen LogP contribution is 2.38. The number of likely N-dealkylation sites (N-methyl/N-ethyl adjacent to an activating group) is 1. The summed E-state index contributed by atoms with van der Waals surface area (Å²) in [6.45, 7) is 6.50. The molecule has 1 amide bonds. The third-order valence-corrected chi connectivity index (χ3v) is 6.42. The highest BCUT2D eigenvalue weighted by atomic mass is 32.1. The Labute approximate surface area is 131 Å². The first-order chi connectivity index (χ1) is 10.0. The molecule has 0 aromatic carbocycles. The second kappa shape index (κ2) is 5.69. The van der Waals surface area contributed by atoms with E-state index in [2.05, 4.69) is 23.7 Å². The Kier molecular flexibility index (Phi) is 4.06. The van der Waals surface area contributed by atoms with Crippen molar-refractivity contribution in [3.63, 3.8) is 0 Å². The highest BCUT2D eigenvalue weighted by molar-refractivity contribution is 7.09. The van der Waals surface area contributed by atoms with Crippen LogP contribution in [0.25, 0.3) is 0 Å². The van der Waals surface area contributed by atoms with E-state index in [9.17, 15) is 4.79 Å². The average Bonchev–Trinajstić information content (AvgIpc) is 2.77. The van der Waals surface area contributed by atoms with E-state index in [1.54, 1.807) is 11.3 Å². The van der Waals surface area contributed by atoms with Crippen LogP contribution < -0.4 is 0 Å². The summed E-state index contributed by atoms with van der Waals surface area (Å²) < 4.78 is 0. The number of rotatable bonds is 2. The van der Waals surface area contributed by atoms with Crippen LogP contribution in [-0.4, -0.2) is 45.9 Å². The Hall–Kier alpha value is -0.940. The van der Waals surface area contributed by atoms with Gasteiger partial charge in [0.25, 0.3) is 0 Å². The van der Waals surface area contributed by atoms with Crippen molar-refractivity contribution in [1.29, 1.82) is 0 Å². The second-order valence-electron chi connectivity index (χ2n) is 6.65. The molecule has 3 heterocycles. The van der Waals surface area contributed by atoms with E-state index in [4.69, 9.17) is 0 Å². The zero-order valence-corrected chi connectivity index (χ0v) is 14.1. The molecule has 1 aromatic rings. The lowest BCUT2D eigenvalue weighted by molar-refractivity contribution is -0.144. The summed E-state index contributed by atoms with van der Waals surface area (Å²) in [6.07, 6.45) is 5.25. The van der Waals surface area contributed by atoms with E-state index >= 15 is 0 Å². The van der Waals surface area contributed by atoms with Gasteiger partial charge < -0.3 is 4.90 Å². The number of carbonyl (C=O) groups excluding carboxylic acids is 1. The van der Waals surface area contributed by atoms with E-state index in [1.807, 2.05) is 17.5 Å². The number of hydrogen-bond acceptors (Lipinski definition) is 4. The summed E-state index contributed by atoms with van der Waals surface area (Å²) in [7, 11) is 2.00. The molecule has 0 N–H and O–H groups in total. The molecule has 2 atom stereocenters. The number of amides is 1. The molecule has 116 valence electrons. The topological polar surface area (TPSA) is 36.4 Å². The standard InChI is InChI=1S/C16H25N3OS/c1-12-13(21-11-17-12)10-19-9-5-4-8-16(2)14(19)6-7-15(20)18(16)3/h11,14H,4-10H2,1-3H3/t14-,16-/m0/s1. The highest BCUT2D eigenvalue weighted by Gasteiger charge is 2.47. The molecule has 0 saturated carbocycles. The van der Waals surface area contributed by atoms with Crippen molar-refractivity contribution < 1.29 is 4.79 Å². The number of aromatic nitrogens is 1. The molecule has 5 heteroatoms. The van der Waals surface area contributed by atoms with Gasteiger partial charge in [-0.2, -0.15) is 0 Å². The average molecular weight is 307 g/mol. The lowest BCUT2D eigenvalue weighted by Gasteiger charge is -2.51. The molecule has 3 rings (SSSR count). The number of hydrogen-bond donors (Lipinski definition) is 0. The number of fused-ring (bicyclic) bond motifs is 1. The number of piperidine rings is 1. The fourth-order valence-corrected chi connectivity index (χ4v) is 4.76. The number of nitrogens with zero attached hydrogens (tertiary/aromatic N) is 3. The van der Waals surface area contributed by atoms with Gasteiger partial charge in [-0.25, -0.2) is 4.98 Å². The minimum Gasteiger partial charge on any atom is -0.339 e. The van der Waals surface area contributed by atoms with Gasteiger partial charge in [0.15, 0.2) is 0 Å². The largest absolute Gasteiger partial charge is 0.339 e. The number of carbonyl (C=O) groups is 1. The van der Waals surface area contributed by atoms with Gasteiger partial charge in [-0.1, -0.05) is 0 Å². The minimum absolute atomic E-state index is 0.00950. The molecule has 0 spiro atoms. The summed E-state index contributed by atoms with van der Waals surface area (Å²) in [4.78, 5) is 22.5. The predicted molar refractivity (Wildman–Crippen MR) is 85.3 cm³/mol. The van der Waals surface area contributed by atoms with Crippen LogP contribution >= 0.6 is 11.3 Å². The van der Waals surface area contributed by atoms with E-state index in [0.29, 0.717) is 18.4 Å². The SMILES string of the molecule is Cc1ncsc1CN1CCCC[C@@]2(C)[C@@H]1CCC(=O)N2C. The maximum Gasteiger partial charge on any atom is 0.222 e. The Morgan fingerprint density at radius 1 is 1.48 bits per heavy atom. The number of aryl methyl sites for hydroxylation is 1. The second-order valence-corrected chi connectivity index (χ2v) is 7.59. The van der Waals surface area contributed by atoms with Crippen molar-refractivity contribution in [2.45, 2.75) is 64.1 Å². The first kappa shape index (κ1) is 15.0. The van der Waals surface area contributed by atoms with Crippen LogP contribution in [0.3, 0.4) is 0 Å². The number of likely N-dealkylation sites (tertiary alicyclic amines) is 2. The maximum absolute atomic E-state index is 12.1. The lowest BCUT2D eigenvalue weighted by Crippen LogP contribution is -2.63. The molecule has 0 aliphatic carbocycles. The third kappa shape index (κ3) is 2.61. The number of thiazole rings is 1. The lowest BCUT2D eigenvalue weighted by atomic mass is 9.80. The maximum atomic E-state index is 12.1. The van der Waals surface area contributed by atoms with Gasteiger partial charge in [0.05, 0.1) is 16.7 Å². The van der Waals surface area contributed by atoms with Crippen LogP contribution in [0.5, 0.6) is 0 Å². The smallest absolute Gasteiger partial charge is 0.222 e. The quantitative estimate of drug-likeness (QED) is 0.843. The van der Waals surface area contributed by atoms with Gasteiger partial charge in [0.1, 0.15) is 0 Å². The van der Waals surface area contributed by atoms with Crippen LogP contribution in [0.2, 0.25) is 0 Å². The summed E-state index contributed by atoms with van der Waals surface area (Å²) in [5, 5.41) is 0. The van der Waals surface area contributed by atoms with Crippen molar-refractivity contribution in [2.75, 3.05) is 13.6 Å². The molecule has 2 fully saturated rings. The van der Waals surface area contributed by atoms with Gasteiger partial charge in [-0.15, -0.1) is 11.3 Å². The normalized spacial score (nSPS) is 31.1. The van der Waals surface area contributed by atoms with Crippen molar-refractivity contribution in [2.24, 2.45) is 0 Å². The van der Waals surface area contributed by atoms with Gasteiger partial charge in [0, 0.05) is 30.9 Å². The fourth-order valence-electron chi connectivity index (χ4n) is 3.96. The molecule has 2 aliphatic heterocycles. The molecule has 0 unspecified atom stereocenters. The first-order valence-electron chi connectivity index (χ1n) is 7.92. The van der Waals surface area contributed by atoms with Crippen LogP contribution in [0.4, 0.5) is 0 Å². The molecule has 2 saturated heterocycles. The first-order valence-corrected chi connectivity index (χ1v) is 8.80. The van der Waals surface area contributed by atoms with Crippen molar-refractivity contribution in [3.05, 3.63) is 16.1 Å². The van der Waals surface area contributed by atoms with Crippen LogP contribution in [-0.2, 0) is 11.3 Å². The molecule has 4 nitrogen and oxygen atoms in total. The van der Waals surface area contributed by atoms with Crippen LogP contribution in [0.1, 0.15) is 49.6 Å². The molecule has 1 aromatic heterocycles. The third-order valence-electron chi connectivity index (χ3n) is 5.50. The van der Waals surface area contributed by atoms with Gasteiger partial charge in [0.2, 0.25) is 5.91 Å². The fraction of sp³-hybridized carbons (Fsp3) is 0.750. The zero-order chi connectivity index (χ0) is 15.0. The van der Waals surface area contributed by atoms with Crippen molar-refractivity contribution in [1.82, 2.24) is 14.8 Å². The monoisotopic (exact) mass is 307 g/mol. The van der Waals surface area contributed by atoms with E-state index in [-0.39, 0.29) is 5.54 Å². The predicted octanol–water partition coefficient (Wildman–Crippen LogP) is 2.82. The van der Waals surface area contributed by atoms with Crippen molar-refractivity contribution >= 4 is 17.2 Å². The van der Waals surface area contributed by atoms with Gasteiger partial charge in [-0.3, -0.25) is 9.69 Å². The van der Waals surface area contributed by atoms with Gasteiger partial charge in [-0.05, 0) is 46.1 Å². The van der Waals surface area contributed by atoms with E-state index in [0.717, 1.165) is 31.6 Å². The zero-order valence-electron chi connectivity index (χ0n) is 13.3.